The van der Waals surface area contributed by atoms with Crippen molar-refractivity contribution in [2.24, 2.45) is 17.8 Å². The van der Waals surface area contributed by atoms with Gasteiger partial charge in [-0.05, 0) is 50.9 Å². The minimum atomic E-state index is 0.263. The first-order valence-corrected chi connectivity index (χ1v) is 11.6. The number of carbonyl (C=O) groups is 2. The van der Waals surface area contributed by atoms with Gasteiger partial charge in [-0.25, -0.2) is 0 Å². The summed E-state index contributed by atoms with van der Waals surface area (Å²) < 4.78 is 0. The molecule has 2 amide bonds. The summed E-state index contributed by atoms with van der Waals surface area (Å²) in [5, 5.41) is 0. The Morgan fingerprint density at radius 1 is 0.704 bits per heavy atom. The minimum Gasteiger partial charge on any atom is -0.345 e. The van der Waals surface area contributed by atoms with E-state index in [1.807, 2.05) is 19.0 Å². The highest BCUT2D eigenvalue weighted by molar-refractivity contribution is 5.79. The minimum absolute atomic E-state index is 0.263. The molecule has 0 radical (unpaired) electrons. The van der Waals surface area contributed by atoms with E-state index < -0.39 is 0 Å². The van der Waals surface area contributed by atoms with Crippen LogP contribution in [0.5, 0.6) is 0 Å². The maximum atomic E-state index is 12.9. The Balaban J connectivity index is 1.49. The van der Waals surface area contributed by atoms with Crippen LogP contribution in [0.2, 0.25) is 0 Å². The second-order valence-electron chi connectivity index (χ2n) is 9.52. The van der Waals surface area contributed by atoms with E-state index in [0.29, 0.717) is 23.8 Å². The predicted octanol–water partition coefficient (Wildman–Crippen LogP) is 4.62. The van der Waals surface area contributed by atoms with Gasteiger partial charge in [-0.2, -0.15) is 0 Å². The van der Waals surface area contributed by atoms with Gasteiger partial charge in [0, 0.05) is 38.5 Å². The standard InChI is InChI=1S/C23H40N2O2/c1-24(22(26)19-11-5-3-6-12-19)17-18-10-9-15-21(16-18)25(2)23(27)20-13-7-4-8-14-20/h18-21H,3-17H2,1-2H3. The molecule has 3 saturated carbocycles. The summed E-state index contributed by atoms with van der Waals surface area (Å²) in [6, 6.07) is 0.372. The maximum absolute atomic E-state index is 12.9. The van der Waals surface area contributed by atoms with Gasteiger partial charge < -0.3 is 9.80 Å². The highest BCUT2D eigenvalue weighted by Gasteiger charge is 2.33. The molecule has 0 saturated heterocycles. The Labute approximate surface area is 166 Å². The second kappa shape index (κ2) is 9.93. The molecule has 0 aliphatic heterocycles. The molecular formula is C23H40N2O2. The molecule has 0 N–H and O–H groups in total. The van der Waals surface area contributed by atoms with Crippen LogP contribution in [0, 0.1) is 17.8 Å². The summed E-state index contributed by atoms with van der Waals surface area (Å²) in [7, 11) is 4.03. The fourth-order valence-electron chi connectivity index (χ4n) is 5.74. The summed E-state index contributed by atoms with van der Waals surface area (Å²) in [6.45, 7) is 0.872. The van der Waals surface area contributed by atoms with Gasteiger partial charge >= 0.3 is 0 Å². The fraction of sp³-hybridized carbons (Fsp3) is 0.913. The smallest absolute Gasteiger partial charge is 0.225 e. The summed E-state index contributed by atoms with van der Waals surface area (Å²) in [4.78, 5) is 29.7. The molecule has 3 fully saturated rings. The summed E-state index contributed by atoms with van der Waals surface area (Å²) in [5.41, 5.74) is 0. The van der Waals surface area contributed by atoms with Gasteiger partial charge in [0.25, 0.3) is 0 Å². The first-order chi connectivity index (χ1) is 13.1. The highest BCUT2D eigenvalue weighted by atomic mass is 16.2. The number of rotatable bonds is 5. The molecule has 0 spiro atoms. The third-order valence-corrected chi connectivity index (χ3v) is 7.47. The quantitative estimate of drug-likeness (QED) is 0.702. The molecule has 2 atom stereocenters. The molecule has 3 rings (SSSR count). The largest absolute Gasteiger partial charge is 0.345 e. The van der Waals surface area contributed by atoms with E-state index >= 15 is 0 Å². The molecule has 4 heteroatoms. The van der Waals surface area contributed by atoms with Crippen molar-refractivity contribution in [3.63, 3.8) is 0 Å². The fourth-order valence-corrected chi connectivity index (χ4v) is 5.74. The zero-order chi connectivity index (χ0) is 19.2. The van der Waals surface area contributed by atoms with Crippen LogP contribution in [0.1, 0.15) is 89.9 Å². The van der Waals surface area contributed by atoms with Gasteiger partial charge in [0.15, 0.2) is 0 Å². The monoisotopic (exact) mass is 376 g/mol. The molecule has 3 aliphatic rings. The van der Waals surface area contributed by atoms with Crippen LogP contribution < -0.4 is 0 Å². The molecule has 0 aromatic rings. The molecule has 0 bridgehead atoms. The number of hydrogen-bond donors (Lipinski definition) is 0. The van der Waals surface area contributed by atoms with Crippen LogP contribution in [0.4, 0.5) is 0 Å². The topological polar surface area (TPSA) is 40.6 Å². The van der Waals surface area contributed by atoms with E-state index in [0.717, 1.165) is 45.1 Å². The average molecular weight is 377 g/mol. The zero-order valence-electron chi connectivity index (χ0n) is 17.6. The lowest BCUT2D eigenvalue weighted by Crippen LogP contribution is -2.45. The van der Waals surface area contributed by atoms with Crippen molar-refractivity contribution in [3.05, 3.63) is 0 Å². The van der Waals surface area contributed by atoms with Crippen molar-refractivity contribution < 1.29 is 9.59 Å². The van der Waals surface area contributed by atoms with Crippen molar-refractivity contribution in [2.45, 2.75) is 95.9 Å². The van der Waals surface area contributed by atoms with Crippen LogP contribution in [0.15, 0.2) is 0 Å². The van der Waals surface area contributed by atoms with Crippen LogP contribution in [0.25, 0.3) is 0 Å². The lowest BCUT2D eigenvalue weighted by atomic mass is 9.82. The Kier molecular flexibility index (Phi) is 7.60. The first-order valence-electron chi connectivity index (χ1n) is 11.6. The van der Waals surface area contributed by atoms with Crippen LogP contribution >= 0.6 is 0 Å². The number of amides is 2. The van der Waals surface area contributed by atoms with Crippen molar-refractivity contribution in [1.29, 1.82) is 0 Å². The highest BCUT2D eigenvalue weighted by Crippen LogP contribution is 2.32. The van der Waals surface area contributed by atoms with Gasteiger partial charge in [-0.1, -0.05) is 44.9 Å². The lowest BCUT2D eigenvalue weighted by Gasteiger charge is -2.39. The van der Waals surface area contributed by atoms with Gasteiger partial charge in [0.1, 0.15) is 0 Å². The lowest BCUT2D eigenvalue weighted by molar-refractivity contribution is -0.139. The third kappa shape index (κ3) is 5.48. The Bertz CT molecular complexity index is 495. The van der Waals surface area contributed by atoms with Gasteiger partial charge in [-0.15, -0.1) is 0 Å². The Hall–Kier alpha value is -1.06. The SMILES string of the molecule is CN(CC1CCCC(N(C)C(=O)C2CCCCC2)C1)C(=O)C1CCCCC1. The summed E-state index contributed by atoms with van der Waals surface area (Å²) in [6.07, 6.45) is 16.3. The Morgan fingerprint density at radius 3 is 1.85 bits per heavy atom. The average Bonchev–Trinajstić information content (AvgIpc) is 2.73. The number of hydrogen-bond acceptors (Lipinski definition) is 2. The third-order valence-electron chi connectivity index (χ3n) is 7.47. The molecule has 2 unspecified atom stereocenters. The maximum Gasteiger partial charge on any atom is 0.225 e. The van der Waals surface area contributed by atoms with Crippen molar-refractivity contribution in [3.8, 4) is 0 Å². The molecule has 3 aliphatic carbocycles. The van der Waals surface area contributed by atoms with E-state index in [9.17, 15) is 9.59 Å². The van der Waals surface area contributed by atoms with Gasteiger partial charge in [0.2, 0.25) is 11.8 Å². The van der Waals surface area contributed by atoms with Crippen molar-refractivity contribution >= 4 is 11.8 Å². The van der Waals surface area contributed by atoms with Crippen molar-refractivity contribution in [2.75, 3.05) is 20.6 Å². The molecule has 4 nitrogen and oxygen atoms in total. The molecule has 0 heterocycles. The van der Waals surface area contributed by atoms with E-state index in [1.165, 1.54) is 51.4 Å². The molecule has 154 valence electrons. The molecule has 0 aromatic carbocycles. The molecular weight excluding hydrogens is 336 g/mol. The Morgan fingerprint density at radius 2 is 1.26 bits per heavy atom. The van der Waals surface area contributed by atoms with Crippen LogP contribution in [0.3, 0.4) is 0 Å². The normalized spacial score (nSPS) is 27.9. The number of nitrogens with zero attached hydrogens (tertiary/aromatic N) is 2. The van der Waals surface area contributed by atoms with Gasteiger partial charge in [-0.3, -0.25) is 9.59 Å². The number of carbonyl (C=O) groups excluding carboxylic acids is 2. The second-order valence-corrected chi connectivity index (χ2v) is 9.52. The summed E-state index contributed by atoms with van der Waals surface area (Å²) in [5.74, 6) is 1.82. The zero-order valence-corrected chi connectivity index (χ0v) is 17.6. The predicted molar refractivity (Wildman–Crippen MR) is 109 cm³/mol. The molecule has 0 aromatic heterocycles. The van der Waals surface area contributed by atoms with E-state index in [1.54, 1.807) is 0 Å². The molecule has 27 heavy (non-hydrogen) atoms. The van der Waals surface area contributed by atoms with Gasteiger partial charge in [0.05, 0.1) is 0 Å². The van der Waals surface area contributed by atoms with E-state index in [4.69, 9.17) is 0 Å². The van der Waals surface area contributed by atoms with Crippen molar-refractivity contribution in [1.82, 2.24) is 9.80 Å². The summed E-state index contributed by atoms with van der Waals surface area (Å²) >= 11 is 0. The van der Waals surface area contributed by atoms with E-state index in [-0.39, 0.29) is 11.8 Å². The van der Waals surface area contributed by atoms with E-state index in [2.05, 4.69) is 4.90 Å². The van der Waals surface area contributed by atoms with Crippen LogP contribution in [-0.2, 0) is 9.59 Å². The van der Waals surface area contributed by atoms with Crippen LogP contribution in [-0.4, -0.2) is 48.3 Å². The first kappa shape index (κ1) is 20.7.